The van der Waals surface area contributed by atoms with Gasteiger partial charge >= 0.3 is 0 Å². The molecule has 1 unspecified atom stereocenters. The summed E-state index contributed by atoms with van der Waals surface area (Å²) in [4.78, 5) is 12.4. The molecule has 3 aromatic rings. The van der Waals surface area contributed by atoms with E-state index in [0.29, 0.717) is 22.2 Å². The third-order valence-corrected chi connectivity index (χ3v) is 5.00. The molecule has 1 amide bonds. The fourth-order valence-electron chi connectivity index (χ4n) is 2.38. The molecule has 2 aromatic carbocycles. The number of rotatable bonds is 6. The molecular formula is C19H18N6O2S. The number of hydrogen-bond acceptors (Lipinski definition) is 7. The molecule has 1 heterocycles. The third-order valence-electron chi connectivity index (χ3n) is 3.95. The minimum Gasteiger partial charge on any atom is -0.497 e. The van der Waals surface area contributed by atoms with E-state index < -0.39 is 5.25 Å². The third kappa shape index (κ3) is 4.24. The van der Waals surface area contributed by atoms with Crippen LogP contribution in [0.2, 0.25) is 0 Å². The van der Waals surface area contributed by atoms with Crippen molar-refractivity contribution >= 4 is 23.4 Å². The molecule has 0 fully saturated rings. The van der Waals surface area contributed by atoms with E-state index in [2.05, 4.69) is 15.5 Å². The molecule has 0 saturated carbocycles. The molecule has 1 atom stereocenters. The summed E-state index contributed by atoms with van der Waals surface area (Å²) in [6.45, 7) is 1.76. The lowest BCUT2D eigenvalue weighted by atomic mass is 10.2. The highest BCUT2D eigenvalue weighted by Gasteiger charge is 2.20. The van der Waals surface area contributed by atoms with Crippen molar-refractivity contribution in [3.05, 3.63) is 54.1 Å². The van der Waals surface area contributed by atoms with E-state index in [1.54, 1.807) is 38.3 Å². The van der Waals surface area contributed by atoms with Crippen LogP contribution in [0.15, 0.2) is 53.7 Å². The highest BCUT2D eigenvalue weighted by molar-refractivity contribution is 8.00. The minimum atomic E-state index is -0.453. The summed E-state index contributed by atoms with van der Waals surface area (Å²) in [6.07, 6.45) is 0. The van der Waals surface area contributed by atoms with E-state index in [1.807, 2.05) is 30.3 Å². The zero-order valence-corrected chi connectivity index (χ0v) is 16.1. The zero-order chi connectivity index (χ0) is 20.1. The zero-order valence-electron chi connectivity index (χ0n) is 15.3. The molecule has 1 aromatic heterocycles. The lowest BCUT2D eigenvalue weighted by Crippen LogP contribution is -2.23. The van der Waals surface area contributed by atoms with E-state index >= 15 is 0 Å². The van der Waals surface area contributed by atoms with Gasteiger partial charge in [-0.2, -0.15) is 5.26 Å². The second-order valence-corrected chi connectivity index (χ2v) is 7.15. The molecule has 0 bridgehead atoms. The van der Waals surface area contributed by atoms with Crippen molar-refractivity contribution in [3.63, 3.8) is 0 Å². The smallest absolute Gasteiger partial charge is 0.237 e. The Kier molecular flexibility index (Phi) is 5.81. The van der Waals surface area contributed by atoms with Gasteiger partial charge in [-0.3, -0.25) is 4.79 Å². The molecule has 0 spiro atoms. The molecule has 0 radical (unpaired) electrons. The maximum absolute atomic E-state index is 12.4. The van der Waals surface area contributed by atoms with Crippen molar-refractivity contribution in [1.29, 1.82) is 5.26 Å². The first-order valence-electron chi connectivity index (χ1n) is 8.34. The van der Waals surface area contributed by atoms with E-state index in [9.17, 15) is 4.79 Å². The van der Waals surface area contributed by atoms with Crippen molar-refractivity contribution in [1.82, 2.24) is 14.9 Å². The number of nitrogens with one attached hydrogen (secondary N) is 1. The van der Waals surface area contributed by atoms with Gasteiger partial charge in [-0.05, 0) is 55.5 Å². The number of nitrogens with zero attached hydrogens (tertiary/aromatic N) is 4. The fourth-order valence-corrected chi connectivity index (χ4v) is 3.15. The van der Waals surface area contributed by atoms with Crippen LogP contribution in [0, 0.1) is 11.3 Å². The normalized spacial score (nSPS) is 11.5. The Hall–Kier alpha value is -3.51. The fraction of sp³-hybridized carbons (Fsp3) is 0.158. The van der Waals surface area contributed by atoms with Gasteiger partial charge < -0.3 is 15.9 Å². The first-order chi connectivity index (χ1) is 13.5. The monoisotopic (exact) mass is 394 g/mol. The van der Waals surface area contributed by atoms with Crippen LogP contribution >= 0.6 is 11.8 Å². The van der Waals surface area contributed by atoms with Gasteiger partial charge in [0.25, 0.3) is 0 Å². The highest BCUT2D eigenvalue weighted by atomic mass is 32.2. The molecule has 3 rings (SSSR count). The average Bonchev–Trinajstić information content (AvgIpc) is 3.08. The maximum atomic E-state index is 12.4. The van der Waals surface area contributed by atoms with Gasteiger partial charge in [0.1, 0.15) is 5.75 Å². The van der Waals surface area contributed by atoms with Gasteiger partial charge in [0.2, 0.25) is 11.1 Å². The molecule has 28 heavy (non-hydrogen) atoms. The summed E-state index contributed by atoms with van der Waals surface area (Å²) < 4.78 is 6.50. The molecule has 3 N–H and O–H groups in total. The Labute approximate surface area is 166 Å². The van der Waals surface area contributed by atoms with E-state index in [0.717, 1.165) is 11.3 Å². The lowest BCUT2D eigenvalue weighted by Gasteiger charge is -2.11. The van der Waals surface area contributed by atoms with Crippen LogP contribution in [-0.2, 0) is 4.79 Å². The van der Waals surface area contributed by atoms with Crippen molar-refractivity contribution in [2.24, 2.45) is 0 Å². The number of benzene rings is 2. The van der Waals surface area contributed by atoms with Gasteiger partial charge in [-0.1, -0.05) is 11.8 Å². The SMILES string of the molecule is COc1ccc(-c2nnc(SC(C)C(=O)Nc3ccc(C#N)cc3)n2N)cc1. The predicted octanol–water partition coefficient (Wildman–Crippen LogP) is 2.66. The molecule has 142 valence electrons. The van der Waals surface area contributed by atoms with Crippen molar-refractivity contribution in [3.8, 4) is 23.2 Å². The standard InChI is InChI=1S/C19H18N6O2S/c1-12(18(26)22-15-7-3-13(11-20)4-8-15)28-19-24-23-17(25(19)21)14-5-9-16(27-2)10-6-14/h3-10,12H,21H2,1-2H3,(H,22,26). The summed E-state index contributed by atoms with van der Waals surface area (Å²) in [6, 6.07) is 16.0. The number of thioether (sulfide) groups is 1. The van der Waals surface area contributed by atoms with Crippen LogP contribution in [0.4, 0.5) is 5.69 Å². The van der Waals surface area contributed by atoms with Crippen LogP contribution in [0.1, 0.15) is 12.5 Å². The van der Waals surface area contributed by atoms with Gasteiger partial charge in [0.15, 0.2) is 5.82 Å². The summed E-state index contributed by atoms with van der Waals surface area (Å²) in [7, 11) is 1.60. The van der Waals surface area contributed by atoms with E-state index in [1.165, 1.54) is 16.4 Å². The Bertz CT molecular complexity index is 1010. The number of carbonyl (C=O) groups excluding carboxylic acids is 1. The first-order valence-corrected chi connectivity index (χ1v) is 9.22. The molecule has 9 heteroatoms. The number of methoxy groups -OCH3 is 1. The number of aromatic nitrogens is 3. The van der Waals surface area contributed by atoms with Crippen LogP contribution in [0.3, 0.4) is 0 Å². The Morgan fingerprint density at radius 3 is 2.50 bits per heavy atom. The average molecular weight is 394 g/mol. The van der Waals surface area contributed by atoms with Gasteiger partial charge in [-0.15, -0.1) is 10.2 Å². The second kappa shape index (κ2) is 8.45. The van der Waals surface area contributed by atoms with Crippen LogP contribution < -0.4 is 15.9 Å². The molecule has 8 nitrogen and oxygen atoms in total. The number of ether oxygens (including phenoxy) is 1. The van der Waals surface area contributed by atoms with Gasteiger partial charge in [0.05, 0.1) is 24.0 Å². The Morgan fingerprint density at radius 2 is 1.89 bits per heavy atom. The number of nitrogens with two attached hydrogens (primary N) is 1. The molecule has 0 aliphatic rings. The summed E-state index contributed by atoms with van der Waals surface area (Å²) in [5.74, 6) is 7.13. The van der Waals surface area contributed by atoms with Gasteiger partial charge in [0, 0.05) is 11.3 Å². The molecule has 0 saturated heterocycles. The maximum Gasteiger partial charge on any atom is 0.237 e. The number of nitriles is 1. The number of carbonyl (C=O) groups is 1. The second-order valence-electron chi connectivity index (χ2n) is 5.84. The Morgan fingerprint density at radius 1 is 1.21 bits per heavy atom. The van der Waals surface area contributed by atoms with E-state index in [4.69, 9.17) is 15.8 Å². The number of hydrogen-bond donors (Lipinski definition) is 2. The van der Waals surface area contributed by atoms with Crippen molar-refractivity contribution in [2.45, 2.75) is 17.3 Å². The van der Waals surface area contributed by atoms with Crippen LogP contribution in [-0.4, -0.2) is 33.1 Å². The van der Waals surface area contributed by atoms with Crippen LogP contribution in [0.25, 0.3) is 11.4 Å². The minimum absolute atomic E-state index is 0.205. The lowest BCUT2D eigenvalue weighted by molar-refractivity contribution is -0.115. The predicted molar refractivity (Wildman–Crippen MR) is 107 cm³/mol. The number of anilines is 1. The molecule has 0 aliphatic carbocycles. The quantitative estimate of drug-likeness (QED) is 0.487. The summed E-state index contributed by atoms with van der Waals surface area (Å²) >= 11 is 1.20. The van der Waals surface area contributed by atoms with Crippen LogP contribution in [0.5, 0.6) is 5.75 Å². The molecular weight excluding hydrogens is 376 g/mol. The van der Waals surface area contributed by atoms with E-state index in [-0.39, 0.29) is 5.91 Å². The number of amides is 1. The van der Waals surface area contributed by atoms with Gasteiger partial charge in [-0.25, -0.2) is 4.68 Å². The Balaban J connectivity index is 1.68. The first kappa shape index (κ1) is 19.3. The number of nitrogen functional groups attached to an aromatic ring is 1. The topological polar surface area (TPSA) is 119 Å². The molecule has 0 aliphatic heterocycles. The summed E-state index contributed by atoms with van der Waals surface area (Å²) in [5.41, 5.74) is 1.93. The summed E-state index contributed by atoms with van der Waals surface area (Å²) in [5, 5.41) is 19.8. The highest BCUT2D eigenvalue weighted by Crippen LogP contribution is 2.26. The van der Waals surface area contributed by atoms with Crippen molar-refractivity contribution < 1.29 is 9.53 Å². The largest absolute Gasteiger partial charge is 0.497 e. The van der Waals surface area contributed by atoms with Crippen molar-refractivity contribution in [2.75, 3.05) is 18.3 Å².